The number of carboxylic acid groups (broad SMARTS) is 1. The number of ketones is 1. The fraction of sp³-hybridized carbons (Fsp3) is 0.556. The summed E-state index contributed by atoms with van der Waals surface area (Å²) in [5.74, 6) is -0.653. The first-order valence-electron chi connectivity index (χ1n) is 7.98. The van der Waals surface area contributed by atoms with Gasteiger partial charge in [-0.25, -0.2) is 0 Å². The lowest BCUT2D eigenvalue weighted by Crippen LogP contribution is -2.45. The lowest BCUT2D eigenvalue weighted by molar-refractivity contribution is -0.144. The van der Waals surface area contributed by atoms with Gasteiger partial charge in [0.2, 0.25) is 0 Å². The Morgan fingerprint density at radius 1 is 1.18 bits per heavy atom. The van der Waals surface area contributed by atoms with Crippen LogP contribution in [0.2, 0.25) is 0 Å². The molecule has 0 aliphatic carbocycles. The van der Waals surface area contributed by atoms with Gasteiger partial charge in [-0.3, -0.25) is 14.5 Å². The Hall–Kier alpha value is -1.68. The molecular formula is C18H25NO3. The number of piperidine rings is 1. The maximum Gasteiger partial charge on any atom is 0.320 e. The van der Waals surface area contributed by atoms with E-state index in [0.29, 0.717) is 19.4 Å². The summed E-state index contributed by atoms with van der Waals surface area (Å²) < 4.78 is 0. The van der Waals surface area contributed by atoms with Crippen molar-refractivity contribution in [2.24, 2.45) is 0 Å². The molecule has 4 nitrogen and oxygen atoms in total. The summed E-state index contributed by atoms with van der Waals surface area (Å²) in [6, 6.07) is 3.63. The van der Waals surface area contributed by atoms with E-state index < -0.39 is 12.0 Å². The second-order valence-electron chi connectivity index (χ2n) is 6.33. The van der Waals surface area contributed by atoms with Crippen LogP contribution in [0.1, 0.15) is 52.7 Å². The fourth-order valence-electron chi connectivity index (χ4n) is 3.53. The summed E-state index contributed by atoms with van der Waals surface area (Å²) in [4.78, 5) is 25.8. The third kappa shape index (κ3) is 3.74. The minimum Gasteiger partial charge on any atom is -0.480 e. The van der Waals surface area contributed by atoms with E-state index in [9.17, 15) is 14.7 Å². The van der Waals surface area contributed by atoms with Gasteiger partial charge in [0.25, 0.3) is 0 Å². The van der Waals surface area contributed by atoms with Crippen molar-refractivity contribution >= 4 is 11.8 Å². The molecule has 1 N–H and O–H groups in total. The van der Waals surface area contributed by atoms with Gasteiger partial charge in [-0.15, -0.1) is 0 Å². The number of benzene rings is 1. The Labute approximate surface area is 132 Å². The third-order valence-electron chi connectivity index (χ3n) is 4.48. The molecule has 0 saturated carbocycles. The van der Waals surface area contributed by atoms with Crippen LogP contribution in [0.15, 0.2) is 12.1 Å². The molecule has 1 atom stereocenters. The lowest BCUT2D eigenvalue weighted by atomic mass is 9.94. The predicted molar refractivity (Wildman–Crippen MR) is 86.4 cm³/mol. The largest absolute Gasteiger partial charge is 0.480 e. The second kappa shape index (κ2) is 7.05. The number of nitrogens with zero attached hydrogens (tertiary/aromatic N) is 1. The van der Waals surface area contributed by atoms with E-state index in [0.717, 1.165) is 41.6 Å². The molecule has 0 amide bonds. The quantitative estimate of drug-likeness (QED) is 0.849. The minimum atomic E-state index is -0.769. The number of aliphatic carboxylic acids is 1. The van der Waals surface area contributed by atoms with E-state index in [2.05, 4.69) is 0 Å². The number of carboxylic acids is 1. The van der Waals surface area contributed by atoms with Crippen LogP contribution in [0.5, 0.6) is 0 Å². The van der Waals surface area contributed by atoms with Crippen molar-refractivity contribution in [1.29, 1.82) is 0 Å². The van der Waals surface area contributed by atoms with Crippen molar-refractivity contribution in [1.82, 2.24) is 4.90 Å². The molecule has 0 spiro atoms. The topological polar surface area (TPSA) is 57.6 Å². The SMILES string of the molecule is Cc1cc(C)c(C(=O)CCN2CCCCC2C(=O)O)c(C)c1. The Bertz CT molecular complexity index is 557. The number of Topliss-reactive ketones (excluding diaryl/α,β-unsaturated/α-hetero) is 1. The highest BCUT2D eigenvalue weighted by molar-refractivity contribution is 5.99. The lowest BCUT2D eigenvalue weighted by Gasteiger charge is -2.32. The molecule has 1 fully saturated rings. The van der Waals surface area contributed by atoms with Crippen molar-refractivity contribution in [3.63, 3.8) is 0 Å². The summed E-state index contributed by atoms with van der Waals surface area (Å²) in [6.07, 6.45) is 3.04. The highest BCUT2D eigenvalue weighted by Crippen LogP contribution is 2.21. The standard InChI is InChI=1S/C18H25NO3/c1-12-10-13(2)17(14(3)11-12)16(20)7-9-19-8-5-4-6-15(19)18(21)22/h10-11,15H,4-9H2,1-3H3,(H,21,22). The fourth-order valence-corrected chi connectivity index (χ4v) is 3.53. The molecular weight excluding hydrogens is 278 g/mol. The zero-order chi connectivity index (χ0) is 16.3. The van der Waals surface area contributed by atoms with Crippen LogP contribution < -0.4 is 0 Å². The van der Waals surface area contributed by atoms with E-state index in [1.165, 1.54) is 0 Å². The van der Waals surface area contributed by atoms with Crippen molar-refractivity contribution in [3.8, 4) is 0 Å². The molecule has 1 aliphatic rings. The van der Waals surface area contributed by atoms with Gasteiger partial charge in [0.15, 0.2) is 5.78 Å². The van der Waals surface area contributed by atoms with E-state index >= 15 is 0 Å². The molecule has 0 radical (unpaired) electrons. The Morgan fingerprint density at radius 2 is 1.82 bits per heavy atom. The van der Waals surface area contributed by atoms with Crippen LogP contribution in [0.3, 0.4) is 0 Å². The molecule has 4 heteroatoms. The number of hydrogen-bond acceptors (Lipinski definition) is 3. The average Bonchev–Trinajstić information content (AvgIpc) is 2.44. The smallest absolute Gasteiger partial charge is 0.320 e. The number of aryl methyl sites for hydroxylation is 3. The molecule has 1 aromatic rings. The highest BCUT2D eigenvalue weighted by atomic mass is 16.4. The van der Waals surface area contributed by atoms with Gasteiger partial charge in [-0.05, 0) is 51.3 Å². The van der Waals surface area contributed by atoms with Gasteiger partial charge in [-0.1, -0.05) is 24.1 Å². The van der Waals surface area contributed by atoms with E-state index in [1.54, 1.807) is 0 Å². The maximum atomic E-state index is 12.5. The van der Waals surface area contributed by atoms with Crippen LogP contribution in [-0.4, -0.2) is 40.9 Å². The first kappa shape index (κ1) is 16.7. The molecule has 1 aliphatic heterocycles. The molecule has 0 aromatic heterocycles. The maximum absolute atomic E-state index is 12.5. The van der Waals surface area contributed by atoms with Crippen LogP contribution >= 0.6 is 0 Å². The van der Waals surface area contributed by atoms with Crippen LogP contribution in [0.4, 0.5) is 0 Å². The van der Waals surface area contributed by atoms with Gasteiger partial charge >= 0.3 is 5.97 Å². The predicted octanol–water partition coefficient (Wildman–Crippen LogP) is 3.12. The second-order valence-corrected chi connectivity index (χ2v) is 6.33. The Kier molecular flexibility index (Phi) is 5.35. The molecule has 1 saturated heterocycles. The number of likely N-dealkylation sites (tertiary alicyclic amines) is 1. The van der Waals surface area contributed by atoms with Gasteiger partial charge in [-0.2, -0.15) is 0 Å². The van der Waals surface area contributed by atoms with Gasteiger partial charge in [0.1, 0.15) is 6.04 Å². The molecule has 1 aromatic carbocycles. The van der Waals surface area contributed by atoms with Crippen LogP contribution in [0.25, 0.3) is 0 Å². The number of rotatable bonds is 5. The molecule has 120 valence electrons. The van der Waals surface area contributed by atoms with Gasteiger partial charge in [0.05, 0.1) is 0 Å². The zero-order valence-corrected chi connectivity index (χ0v) is 13.7. The average molecular weight is 303 g/mol. The first-order chi connectivity index (χ1) is 10.4. The zero-order valence-electron chi connectivity index (χ0n) is 13.7. The number of carbonyl (C=O) groups is 2. The van der Waals surface area contributed by atoms with E-state index in [-0.39, 0.29) is 5.78 Å². The van der Waals surface area contributed by atoms with Gasteiger partial charge in [0, 0.05) is 18.5 Å². The summed E-state index contributed by atoms with van der Waals surface area (Å²) in [7, 11) is 0. The van der Waals surface area contributed by atoms with Crippen molar-refractivity contribution in [2.75, 3.05) is 13.1 Å². The third-order valence-corrected chi connectivity index (χ3v) is 4.48. The molecule has 2 rings (SSSR count). The molecule has 1 heterocycles. The number of carbonyl (C=O) groups excluding carboxylic acids is 1. The van der Waals surface area contributed by atoms with Crippen LogP contribution in [0, 0.1) is 20.8 Å². The molecule has 22 heavy (non-hydrogen) atoms. The van der Waals surface area contributed by atoms with E-state index in [4.69, 9.17) is 0 Å². The summed E-state index contributed by atoms with van der Waals surface area (Å²) in [5, 5.41) is 9.28. The summed E-state index contributed by atoms with van der Waals surface area (Å²) in [5.41, 5.74) is 3.98. The van der Waals surface area contributed by atoms with Crippen LogP contribution in [-0.2, 0) is 4.79 Å². The van der Waals surface area contributed by atoms with Crippen molar-refractivity contribution < 1.29 is 14.7 Å². The molecule has 1 unspecified atom stereocenters. The minimum absolute atomic E-state index is 0.115. The van der Waals surface area contributed by atoms with Crippen molar-refractivity contribution in [3.05, 3.63) is 34.4 Å². The normalized spacial score (nSPS) is 19.1. The summed E-state index contributed by atoms with van der Waals surface area (Å²) in [6.45, 7) is 7.26. The molecule has 0 bridgehead atoms. The highest BCUT2D eigenvalue weighted by Gasteiger charge is 2.28. The first-order valence-corrected chi connectivity index (χ1v) is 7.98. The monoisotopic (exact) mass is 303 g/mol. The Morgan fingerprint density at radius 3 is 2.41 bits per heavy atom. The van der Waals surface area contributed by atoms with Gasteiger partial charge < -0.3 is 5.11 Å². The van der Waals surface area contributed by atoms with E-state index in [1.807, 2.05) is 37.8 Å². The van der Waals surface area contributed by atoms with Crippen molar-refractivity contribution in [2.45, 2.75) is 52.5 Å². The Balaban J connectivity index is 2.05. The summed E-state index contributed by atoms with van der Waals surface area (Å²) >= 11 is 0. The number of hydrogen-bond donors (Lipinski definition) is 1.